The fraction of sp³-hybridized carbons (Fsp3) is 0.333. The lowest BCUT2D eigenvalue weighted by Crippen LogP contribution is -2.12. The minimum absolute atomic E-state index is 0.153. The molecule has 0 spiro atoms. The van der Waals surface area contributed by atoms with Crippen molar-refractivity contribution in [2.45, 2.75) is 12.8 Å². The van der Waals surface area contributed by atoms with Crippen LogP contribution in [0, 0.1) is 0 Å². The number of aromatic nitrogens is 2. The molecule has 1 aromatic heterocycles. The van der Waals surface area contributed by atoms with E-state index in [1.165, 1.54) is 17.4 Å². The van der Waals surface area contributed by atoms with Crippen molar-refractivity contribution < 1.29 is 0 Å². The highest BCUT2D eigenvalue weighted by molar-refractivity contribution is 6.32. The lowest BCUT2D eigenvalue weighted by atomic mass is 10.1. The van der Waals surface area contributed by atoms with Crippen molar-refractivity contribution >= 4 is 23.0 Å². The number of aryl methyl sites for hydroxylation is 1. The summed E-state index contributed by atoms with van der Waals surface area (Å²) in [5.74, 6) is 0. The van der Waals surface area contributed by atoms with Crippen LogP contribution in [0.25, 0.3) is 0 Å². The van der Waals surface area contributed by atoms with E-state index in [2.05, 4.69) is 44.7 Å². The van der Waals surface area contributed by atoms with Crippen LogP contribution in [0.15, 0.2) is 35.3 Å². The van der Waals surface area contributed by atoms with E-state index >= 15 is 0 Å². The molecule has 1 aromatic carbocycles. The number of rotatable bonds is 6. The van der Waals surface area contributed by atoms with Crippen LogP contribution in [0.3, 0.4) is 0 Å². The van der Waals surface area contributed by atoms with E-state index in [4.69, 9.17) is 11.6 Å². The fourth-order valence-electron chi connectivity index (χ4n) is 1.98. The lowest BCUT2D eigenvalue weighted by molar-refractivity contribution is 0.859. The predicted octanol–water partition coefficient (Wildman–Crippen LogP) is 2.53. The van der Waals surface area contributed by atoms with Gasteiger partial charge in [-0.1, -0.05) is 23.7 Å². The third-order valence-corrected chi connectivity index (χ3v) is 3.58. The highest BCUT2D eigenvalue weighted by atomic mass is 35.5. The smallest absolute Gasteiger partial charge is 0.285 e. The molecule has 1 heterocycles. The maximum atomic E-state index is 11.3. The Balaban J connectivity index is 1.82. The van der Waals surface area contributed by atoms with Gasteiger partial charge in [-0.15, -0.1) is 0 Å². The molecular weight excluding hydrogens is 288 g/mol. The third-order valence-electron chi connectivity index (χ3n) is 3.21. The van der Waals surface area contributed by atoms with Gasteiger partial charge in [0.05, 0.1) is 11.9 Å². The van der Waals surface area contributed by atoms with Crippen LogP contribution in [0.5, 0.6) is 0 Å². The van der Waals surface area contributed by atoms with E-state index in [0.717, 1.165) is 19.4 Å². The molecule has 0 saturated heterocycles. The Bertz CT molecular complexity index is 637. The molecule has 2 aromatic rings. The summed E-state index contributed by atoms with van der Waals surface area (Å²) in [5, 5.41) is 9.29. The molecule has 0 fully saturated rings. The summed E-state index contributed by atoms with van der Waals surface area (Å²) in [6.45, 7) is 0.736. The first-order valence-corrected chi connectivity index (χ1v) is 7.19. The SMILES string of the molecule is CN(C)c1ccc(CCCNc2cn[nH]c(=O)c2Cl)cc1. The monoisotopic (exact) mass is 306 g/mol. The maximum Gasteiger partial charge on any atom is 0.285 e. The highest BCUT2D eigenvalue weighted by Crippen LogP contribution is 2.15. The van der Waals surface area contributed by atoms with Gasteiger partial charge in [-0.05, 0) is 30.5 Å². The number of H-pyrrole nitrogens is 1. The second-order valence-corrected chi connectivity index (χ2v) is 5.40. The lowest BCUT2D eigenvalue weighted by Gasteiger charge is -2.12. The summed E-state index contributed by atoms with van der Waals surface area (Å²) in [7, 11) is 4.05. The first kappa shape index (κ1) is 15.4. The van der Waals surface area contributed by atoms with Gasteiger partial charge in [0.25, 0.3) is 5.56 Å². The van der Waals surface area contributed by atoms with Crippen molar-refractivity contribution in [3.05, 3.63) is 51.4 Å². The molecule has 5 nitrogen and oxygen atoms in total. The van der Waals surface area contributed by atoms with Crippen molar-refractivity contribution in [1.82, 2.24) is 10.2 Å². The number of benzene rings is 1. The summed E-state index contributed by atoms with van der Waals surface area (Å²) in [6, 6.07) is 8.49. The molecule has 0 saturated carbocycles. The number of hydrogen-bond donors (Lipinski definition) is 2. The van der Waals surface area contributed by atoms with Crippen molar-refractivity contribution in [3.8, 4) is 0 Å². The van der Waals surface area contributed by atoms with E-state index in [9.17, 15) is 4.79 Å². The van der Waals surface area contributed by atoms with E-state index in [0.29, 0.717) is 5.69 Å². The van der Waals surface area contributed by atoms with Crippen molar-refractivity contribution in [1.29, 1.82) is 0 Å². The molecular formula is C15H19ClN4O. The second-order valence-electron chi connectivity index (χ2n) is 5.02. The third kappa shape index (κ3) is 4.23. The van der Waals surface area contributed by atoms with E-state index in [1.54, 1.807) is 0 Å². The van der Waals surface area contributed by atoms with Crippen LogP contribution in [-0.4, -0.2) is 30.8 Å². The average Bonchev–Trinajstić information content (AvgIpc) is 2.48. The number of anilines is 2. The Morgan fingerprint density at radius 3 is 2.67 bits per heavy atom. The van der Waals surface area contributed by atoms with Gasteiger partial charge in [-0.25, -0.2) is 5.10 Å². The van der Waals surface area contributed by atoms with Crippen LogP contribution in [0.2, 0.25) is 5.02 Å². The number of aromatic amines is 1. The standard InChI is InChI=1S/C15H19ClN4O/c1-20(2)12-7-5-11(6-8-12)4-3-9-17-13-10-18-19-15(21)14(13)16/h5-8,10H,3-4,9H2,1-2H3,(H2,17,19,21). The molecule has 0 bridgehead atoms. The van der Waals surface area contributed by atoms with Gasteiger partial charge < -0.3 is 10.2 Å². The normalized spacial score (nSPS) is 10.4. The molecule has 0 aliphatic carbocycles. The van der Waals surface area contributed by atoms with E-state index in [-0.39, 0.29) is 10.6 Å². The first-order valence-electron chi connectivity index (χ1n) is 6.81. The number of nitrogens with one attached hydrogen (secondary N) is 2. The van der Waals surface area contributed by atoms with Gasteiger partial charge in [0.1, 0.15) is 5.02 Å². The molecule has 0 aliphatic rings. The average molecular weight is 307 g/mol. The van der Waals surface area contributed by atoms with E-state index in [1.807, 2.05) is 14.1 Å². The first-order chi connectivity index (χ1) is 10.1. The molecule has 0 aliphatic heterocycles. The molecule has 2 N–H and O–H groups in total. The van der Waals surface area contributed by atoms with Gasteiger partial charge in [-0.2, -0.15) is 5.10 Å². The topological polar surface area (TPSA) is 61.0 Å². The summed E-state index contributed by atoms with van der Waals surface area (Å²) < 4.78 is 0. The van der Waals surface area contributed by atoms with Crippen molar-refractivity contribution in [3.63, 3.8) is 0 Å². The quantitative estimate of drug-likeness (QED) is 0.805. The maximum absolute atomic E-state index is 11.3. The highest BCUT2D eigenvalue weighted by Gasteiger charge is 2.03. The molecule has 6 heteroatoms. The number of halogens is 1. The Labute approximate surface area is 128 Å². The number of hydrogen-bond acceptors (Lipinski definition) is 4. The van der Waals surface area contributed by atoms with Gasteiger partial charge in [0.15, 0.2) is 0 Å². The van der Waals surface area contributed by atoms with Crippen LogP contribution in [0.1, 0.15) is 12.0 Å². The van der Waals surface area contributed by atoms with Crippen LogP contribution in [0.4, 0.5) is 11.4 Å². The fourth-order valence-corrected chi connectivity index (χ4v) is 2.14. The zero-order chi connectivity index (χ0) is 15.2. The molecule has 0 unspecified atom stereocenters. The van der Waals surface area contributed by atoms with Crippen LogP contribution < -0.4 is 15.8 Å². The van der Waals surface area contributed by atoms with Crippen molar-refractivity contribution in [2.75, 3.05) is 30.9 Å². The molecule has 21 heavy (non-hydrogen) atoms. The largest absolute Gasteiger partial charge is 0.382 e. The van der Waals surface area contributed by atoms with Gasteiger partial charge in [0.2, 0.25) is 0 Å². The van der Waals surface area contributed by atoms with Crippen LogP contribution in [-0.2, 0) is 6.42 Å². The predicted molar refractivity (Wildman–Crippen MR) is 87.4 cm³/mol. The molecule has 0 amide bonds. The minimum atomic E-state index is -0.374. The summed E-state index contributed by atoms with van der Waals surface area (Å²) in [6.07, 6.45) is 3.44. The number of nitrogens with zero attached hydrogens (tertiary/aromatic N) is 2. The Kier molecular flexibility index (Phi) is 5.22. The van der Waals surface area contributed by atoms with Gasteiger partial charge >= 0.3 is 0 Å². The molecule has 0 radical (unpaired) electrons. The van der Waals surface area contributed by atoms with Crippen LogP contribution >= 0.6 is 11.6 Å². The van der Waals surface area contributed by atoms with Crippen molar-refractivity contribution in [2.24, 2.45) is 0 Å². The molecule has 2 rings (SSSR count). The molecule has 0 atom stereocenters. The summed E-state index contributed by atoms with van der Waals surface area (Å²) >= 11 is 5.89. The molecule has 112 valence electrons. The van der Waals surface area contributed by atoms with E-state index < -0.39 is 0 Å². The van der Waals surface area contributed by atoms with Gasteiger partial charge in [0, 0.05) is 26.3 Å². The Morgan fingerprint density at radius 1 is 1.29 bits per heavy atom. The zero-order valence-corrected chi connectivity index (χ0v) is 12.9. The minimum Gasteiger partial charge on any atom is -0.382 e. The Morgan fingerprint density at radius 2 is 2.00 bits per heavy atom. The summed E-state index contributed by atoms with van der Waals surface area (Å²) in [5.41, 5.74) is 2.68. The second kappa shape index (κ2) is 7.13. The zero-order valence-electron chi connectivity index (χ0n) is 12.2. The Hall–Kier alpha value is -2.01. The van der Waals surface area contributed by atoms with Gasteiger partial charge in [-0.3, -0.25) is 4.79 Å². The summed E-state index contributed by atoms with van der Waals surface area (Å²) in [4.78, 5) is 13.4.